The van der Waals surface area contributed by atoms with Crippen molar-refractivity contribution in [3.63, 3.8) is 0 Å². The second kappa shape index (κ2) is 8.88. The van der Waals surface area contributed by atoms with Gasteiger partial charge in [-0.15, -0.1) is 0 Å². The molecule has 2 amide bonds. The van der Waals surface area contributed by atoms with Crippen molar-refractivity contribution in [1.82, 2.24) is 0 Å². The third-order valence-electron chi connectivity index (χ3n) is 5.12. The Kier molecular flexibility index (Phi) is 6.43. The van der Waals surface area contributed by atoms with E-state index in [0.717, 1.165) is 0 Å². The molecule has 0 atom stereocenters. The lowest BCUT2D eigenvalue weighted by Crippen LogP contribution is -2.43. The van der Waals surface area contributed by atoms with Crippen LogP contribution in [-0.2, 0) is 4.79 Å². The van der Waals surface area contributed by atoms with E-state index in [-0.39, 0.29) is 17.7 Å². The molecule has 0 fully saturated rings. The third-order valence-corrected chi connectivity index (χ3v) is 5.12. The summed E-state index contributed by atoms with van der Waals surface area (Å²) in [5.74, 6) is 1.58. The van der Waals surface area contributed by atoms with Gasteiger partial charge in [0.05, 0.1) is 30.9 Å². The summed E-state index contributed by atoms with van der Waals surface area (Å²) in [4.78, 5) is 27.9. The fourth-order valence-electron chi connectivity index (χ4n) is 3.45. The van der Waals surface area contributed by atoms with Crippen molar-refractivity contribution in [1.29, 1.82) is 0 Å². The molecule has 0 bridgehead atoms. The largest absolute Gasteiger partial charge is 0.497 e. The van der Waals surface area contributed by atoms with Crippen LogP contribution >= 0.6 is 0 Å². The number of rotatable bonds is 6. The molecule has 0 aliphatic carbocycles. The first-order valence-electron chi connectivity index (χ1n) is 10.3. The number of carbonyl (C=O) groups excluding carboxylic acids is 2. The Bertz CT molecular complexity index is 984. The van der Waals surface area contributed by atoms with Crippen LogP contribution in [0.2, 0.25) is 0 Å². The highest BCUT2D eigenvalue weighted by molar-refractivity contribution is 6.07. The Morgan fingerprint density at radius 3 is 2.55 bits per heavy atom. The van der Waals surface area contributed by atoms with Crippen molar-refractivity contribution in [2.24, 2.45) is 11.3 Å². The van der Waals surface area contributed by atoms with Crippen LogP contribution < -0.4 is 24.4 Å². The summed E-state index contributed by atoms with van der Waals surface area (Å²) in [6.07, 6.45) is 0. The van der Waals surface area contributed by atoms with E-state index >= 15 is 0 Å². The van der Waals surface area contributed by atoms with E-state index < -0.39 is 5.41 Å². The summed E-state index contributed by atoms with van der Waals surface area (Å²) in [6, 6.07) is 10.3. The second-order valence-electron chi connectivity index (χ2n) is 8.69. The van der Waals surface area contributed by atoms with Gasteiger partial charge in [-0.2, -0.15) is 0 Å². The molecule has 166 valence electrons. The molecular formula is C24H30N2O5. The number of benzene rings is 2. The summed E-state index contributed by atoms with van der Waals surface area (Å²) in [7, 11) is 3.06. The zero-order valence-corrected chi connectivity index (χ0v) is 18.9. The molecule has 0 unspecified atom stereocenters. The van der Waals surface area contributed by atoms with Crippen molar-refractivity contribution < 1.29 is 23.8 Å². The summed E-state index contributed by atoms with van der Waals surface area (Å²) in [5.41, 5.74) is 0.953. The van der Waals surface area contributed by atoms with E-state index in [1.807, 2.05) is 13.8 Å². The van der Waals surface area contributed by atoms with Gasteiger partial charge in [0.15, 0.2) is 0 Å². The normalized spacial score (nSPS) is 15.1. The molecule has 0 spiro atoms. The van der Waals surface area contributed by atoms with Gasteiger partial charge in [0.1, 0.15) is 23.9 Å². The minimum absolute atomic E-state index is 0.000232. The van der Waals surface area contributed by atoms with Gasteiger partial charge in [-0.3, -0.25) is 9.59 Å². The van der Waals surface area contributed by atoms with Gasteiger partial charge >= 0.3 is 0 Å². The van der Waals surface area contributed by atoms with Crippen molar-refractivity contribution in [2.45, 2.75) is 27.7 Å². The van der Waals surface area contributed by atoms with Crippen LogP contribution in [0.15, 0.2) is 36.4 Å². The number of nitrogens with zero attached hydrogens (tertiary/aromatic N) is 1. The minimum atomic E-state index is -0.645. The monoisotopic (exact) mass is 426 g/mol. The molecule has 1 N–H and O–H groups in total. The zero-order valence-electron chi connectivity index (χ0n) is 18.9. The molecular weight excluding hydrogens is 396 g/mol. The first kappa shape index (κ1) is 22.5. The van der Waals surface area contributed by atoms with E-state index in [2.05, 4.69) is 19.2 Å². The third kappa shape index (κ3) is 4.76. The van der Waals surface area contributed by atoms with Crippen LogP contribution in [0.4, 0.5) is 11.4 Å². The molecule has 0 saturated carbocycles. The van der Waals surface area contributed by atoms with Crippen LogP contribution in [0.1, 0.15) is 38.1 Å². The molecule has 2 aromatic carbocycles. The van der Waals surface area contributed by atoms with Crippen molar-refractivity contribution in [3.8, 4) is 17.2 Å². The van der Waals surface area contributed by atoms with E-state index in [1.54, 1.807) is 48.4 Å². The van der Waals surface area contributed by atoms with Crippen LogP contribution in [0.25, 0.3) is 0 Å². The Morgan fingerprint density at radius 1 is 1.16 bits per heavy atom. The Balaban J connectivity index is 1.94. The first-order valence-corrected chi connectivity index (χ1v) is 10.3. The van der Waals surface area contributed by atoms with E-state index in [0.29, 0.717) is 47.3 Å². The highest BCUT2D eigenvalue weighted by Gasteiger charge is 2.38. The van der Waals surface area contributed by atoms with Gasteiger partial charge in [-0.1, -0.05) is 13.8 Å². The Labute approximate surface area is 183 Å². The number of nitrogens with one attached hydrogen (secondary N) is 1. The van der Waals surface area contributed by atoms with Crippen LogP contribution in [0, 0.1) is 11.3 Å². The van der Waals surface area contributed by atoms with E-state index in [9.17, 15) is 9.59 Å². The maximum Gasteiger partial charge on any atom is 0.259 e. The lowest BCUT2D eigenvalue weighted by atomic mass is 9.92. The molecule has 1 aliphatic rings. The van der Waals surface area contributed by atoms with Gasteiger partial charge in [-0.05, 0) is 50.1 Å². The molecule has 31 heavy (non-hydrogen) atoms. The maximum atomic E-state index is 13.2. The fraction of sp³-hybridized carbons (Fsp3) is 0.417. The standard InChI is InChI=1S/C24H30N2O5/c1-15(2)13-26-19-11-16(7-10-20(19)31-14-24(3,4)23(26)28)25-22(27)18-9-8-17(29-5)12-21(18)30-6/h7-12,15H,13-14H2,1-6H3,(H,25,27). The molecule has 0 radical (unpaired) electrons. The predicted molar refractivity (Wildman–Crippen MR) is 120 cm³/mol. The number of ether oxygens (including phenoxy) is 3. The fourth-order valence-corrected chi connectivity index (χ4v) is 3.45. The predicted octanol–water partition coefficient (Wildman–Crippen LogP) is 4.36. The molecule has 7 nitrogen and oxygen atoms in total. The van der Waals surface area contributed by atoms with Gasteiger partial charge < -0.3 is 24.4 Å². The maximum absolute atomic E-state index is 13.2. The molecule has 0 aromatic heterocycles. The van der Waals surface area contributed by atoms with Crippen LogP contribution in [0.3, 0.4) is 0 Å². The molecule has 7 heteroatoms. The average molecular weight is 427 g/mol. The highest BCUT2D eigenvalue weighted by Crippen LogP contribution is 2.39. The molecule has 3 rings (SSSR count). The summed E-state index contributed by atoms with van der Waals surface area (Å²) in [6.45, 7) is 8.74. The lowest BCUT2D eigenvalue weighted by molar-refractivity contribution is -0.127. The number of hydrogen-bond donors (Lipinski definition) is 1. The number of fused-ring (bicyclic) bond motifs is 1. The van der Waals surface area contributed by atoms with Gasteiger partial charge in [0, 0.05) is 18.3 Å². The number of methoxy groups -OCH3 is 2. The molecule has 0 saturated heterocycles. The molecule has 1 aliphatic heterocycles. The smallest absolute Gasteiger partial charge is 0.259 e. The van der Waals surface area contributed by atoms with Gasteiger partial charge in [-0.25, -0.2) is 0 Å². The quantitative estimate of drug-likeness (QED) is 0.743. The van der Waals surface area contributed by atoms with Crippen LogP contribution in [-0.4, -0.2) is 39.2 Å². The number of hydrogen-bond acceptors (Lipinski definition) is 5. The van der Waals surface area contributed by atoms with Crippen molar-refractivity contribution in [2.75, 3.05) is 37.6 Å². The van der Waals surface area contributed by atoms with Gasteiger partial charge in [0.2, 0.25) is 5.91 Å². The highest BCUT2D eigenvalue weighted by atomic mass is 16.5. The van der Waals surface area contributed by atoms with Crippen molar-refractivity contribution >= 4 is 23.2 Å². The average Bonchev–Trinajstić information content (AvgIpc) is 2.83. The molecule has 1 heterocycles. The van der Waals surface area contributed by atoms with E-state index in [1.165, 1.54) is 7.11 Å². The Hall–Kier alpha value is -3.22. The van der Waals surface area contributed by atoms with Crippen LogP contribution in [0.5, 0.6) is 17.2 Å². The molecule has 2 aromatic rings. The summed E-state index contributed by atoms with van der Waals surface area (Å²) >= 11 is 0. The first-order chi connectivity index (χ1) is 14.7. The topological polar surface area (TPSA) is 77.1 Å². The van der Waals surface area contributed by atoms with Gasteiger partial charge in [0.25, 0.3) is 5.91 Å². The summed E-state index contributed by atoms with van der Waals surface area (Å²) in [5, 5.41) is 2.90. The minimum Gasteiger partial charge on any atom is -0.497 e. The number of amides is 2. The zero-order chi connectivity index (χ0) is 22.8. The SMILES string of the molecule is COc1ccc(C(=O)Nc2ccc3c(c2)N(CC(C)C)C(=O)C(C)(C)CO3)c(OC)c1. The van der Waals surface area contributed by atoms with E-state index in [4.69, 9.17) is 14.2 Å². The lowest BCUT2D eigenvalue weighted by Gasteiger charge is -2.29. The Morgan fingerprint density at radius 2 is 1.90 bits per heavy atom. The second-order valence-corrected chi connectivity index (χ2v) is 8.69. The summed E-state index contributed by atoms with van der Waals surface area (Å²) < 4.78 is 16.5. The number of carbonyl (C=O) groups is 2. The number of anilines is 2. The van der Waals surface area contributed by atoms with Crippen molar-refractivity contribution in [3.05, 3.63) is 42.0 Å².